The maximum absolute atomic E-state index is 9.03. The van der Waals surface area contributed by atoms with Crippen LogP contribution >= 0.6 is 0 Å². The quantitative estimate of drug-likeness (QED) is 0.652. The zero-order chi connectivity index (χ0) is 10.6. The summed E-state index contributed by atoms with van der Waals surface area (Å²) in [6.07, 6.45) is 1.41. The molecule has 0 saturated carbocycles. The van der Waals surface area contributed by atoms with Crippen LogP contribution in [0.1, 0.15) is 13.8 Å². The molecule has 0 aromatic carbocycles. The third-order valence-corrected chi connectivity index (χ3v) is 1.86. The van der Waals surface area contributed by atoms with Gasteiger partial charge in [-0.05, 0) is 0 Å². The molecule has 0 aliphatic rings. The second kappa shape index (κ2) is 4.23. The van der Waals surface area contributed by atoms with Crippen LogP contribution in [-0.2, 0) is 0 Å². The van der Waals surface area contributed by atoms with Crippen LogP contribution in [0, 0.1) is 5.41 Å². The van der Waals surface area contributed by atoms with E-state index in [2.05, 4.69) is 15.3 Å². The molecule has 5 heteroatoms. The molecule has 1 aromatic heterocycles. The molecule has 0 spiro atoms. The van der Waals surface area contributed by atoms with Crippen molar-refractivity contribution in [3.63, 3.8) is 0 Å². The lowest BCUT2D eigenvalue weighted by atomic mass is 9.95. The summed E-state index contributed by atoms with van der Waals surface area (Å²) in [5, 5.41) is 12.1. The van der Waals surface area contributed by atoms with Crippen LogP contribution in [0.25, 0.3) is 0 Å². The largest absolute Gasteiger partial charge is 0.396 e. The van der Waals surface area contributed by atoms with E-state index in [0.717, 1.165) is 0 Å². The lowest BCUT2D eigenvalue weighted by molar-refractivity contribution is 0.170. The lowest BCUT2D eigenvalue weighted by Gasteiger charge is -2.22. The Morgan fingerprint density at radius 2 is 2.21 bits per heavy atom. The minimum Gasteiger partial charge on any atom is -0.396 e. The predicted octanol–water partition coefficient (Wildman–Crippen LogP) is 0.489. The highest BCUT2D eigenvalue weighted by molar-refractivity contribution is 5.43. The smallest absolute Gasteiger partial charge is 0.131 e. The van der Waals surface area contributed by atoms with Gasteiger partial charge < -0.3 is 16.2 Å². The summed E-state index contributed by atoms with van der Waals surface area (Å²) in [5.41, 5.74) is 5.32. The second-order valence-electron chi connectivity index (χ2n) is 4.00. The molecule has 0 amide bonds. The Morgan fingerprint density at radius 3 is 2.79 bits per heavy atom. The number of rotatable bonds is 4. The van der Waals surface area contributed by atoms with E-state index >= 15 is 0 Å². The molecule has 1 rings (SSSR count). The number of hydrogen-bond donors (Lipinski definition) is 3. The van der Waals surface area contributed by atoms with E-state index in [1.807, 2.05) is 13.8 Å². The van der Waals surface area contributed by atoms with Gasteiger partial charge in [0.25, 0.3) is 0 Å². The molecule has 14 heavy (non-hydrogen) atoms. The molecule has 0 saturated heterocycles. The Kier molecular flexibility index (Phi) is 3.24. The molecular formula is C9H16N4O. The topological polar surface area (TPSA) is 84.1 Å². The van der Waals surface area contributed by atoms with Crippen LogP contribution in [0.15, 0.2) is 12.4 Å². The van der Waals surface area contributed by atoms with E-state index < -0.39 is 0 Å². The normalized spacial score (nSPS) is 11.4. The van der Waals surface area contributed by atoms with Crippen LogP contribution in [-0.4, -0.2) is 28.2 Å². The van der Waals surface area contributed by atoms with Crippen molar-refractivity contribution in [3.05, 3.63) is 12.4 Å². The summed E-state index contributed by atoms with van der Waals surface area (Å²) in [7, 11) is 0. The Morgan fingerprint density at radius 1 is 1.50 bits per heavy atom. The number of aromatic nitrogens is 2. The van der Waals surface area contributed by atoms with Gasteiger partial charge in [0.2, 0.25) is 0 Å². The monoisotopic (exact) mass is 196 g/mol. The van der Waals surface area contributed by atoms with Crippen molar-refractivity contribution in [1.29, 1.82) is 0 Å². The summed E-state index contributed by atoms with van der Waals surface area (Å²) in [6, 6.07) is 1.66. The Hall–Kier alpha value is -1.36. The van der Waals surface area contributed by atoms with Crippen molar-refractivity contribution in [2.45, 2.75) is 13.8 Å². The van der Waals surface area contributed by atoms with E-state index in [1.165, 1.54) is 6.33 Å². The van der Waals surface area contributed by atoms with Crippen LogP contribution < -0.4 is 11.1 Å². The van der Waals surface area contributed by atoms with Crippen LogP contribution in [0.4, 0.5) is 11.6 Å². The third-order valence-electron chi connectivity index (χ3n) is 1.86. The van der Waals surface area contributed by atoms with Crippen molar-refractivity contribution in [3.8, 4) is 0 Å². The summed E-state index contributed by atoms with van der Waals surface area (Å²) in [5.74, 6) is 1.11. The van der Waals surface area contributed by atoms with Gasteiger partial charge in [-0.2, -0.15) is 0 Å². The second-order valence-corrected chi connectivity index (χ2v) is 4.00. The molecule has 0 fully saturated rings. The third kappa shape index (κ3) is 3.18. The molecule has 0 atom stereocenters. The molecule has 4 N–H and O–H groups in total. The van der Waals surface area contributed by atoms with Crippen LogP contribution in [0.5, 0.6) is 0 Å². The summed E-state index contributed by atoms with van der Waals surface area (Å²) >= 11 is 0. The van der Waals surface area contributed by atoms with Crippen molar-refractivity contribution in [2.75, 3.05) is 24.2 Å². The van der Waals surface area contributed by atoms with Crippen molar-refractivity contribution in [1.82, 2.24) is 9.97 Å². The number of aliphatic hydroxyl groups excluding tert-OH is 1. The fourth-order valence-electron chi connectivity index (χ4n) is 0.855. The number of nitrogen functional groups attached to an aromatic ring is 1. The minimum atomic E-state index is -0.167. The lowest BCUT2D eigenvalue weighted by Crippen LogP contribution is -2.27. The van der Waals surface area contributed by atoms with Crippen LogP contribution in [0.2, 0.25) is 0 Å². The summed E-state index contributed by atoms with van der Waals surface area (Å²) < 4.78 is 0. The highest BCUT2D eigenvalue weighted by atomic mass is 16.3. The van der Waals surface area contributed by atoms with Gasteiger partial charge in [0.1, 0.15) is 18.0 Å². The Labute approximate surface area is 83.4 Å². The SMILES string of the molecule is CC(C)(CO)CNc1cc(N)ncn1. The Balaban J connectivity index is 2.54. The van der Waals surface area contributed by atoms with E-state index in [-0.39, 0.29) is 12.0 Å². The van der Waals surface area contributed by atoms with Gasteiger partial charge in [-0.3, -0.25) is 0 Å². The molecule has 1 heterocycles. The maximum atomic E-state index is 9.03. The van der Waals surface area contributed by atoms with Gasteiger partial charge in [-0.1, -0.05) is 13.8 Å². The summed E-state index contributed by atoms with van der Waals surface area (Å²) in [6.45, 7) is 4.69. The summed E-state index contributed by atoms with van der Waals surface area (Å²) in [4.78, 5) is 7.77. The standard InChI is InChI=1S/C9H16N4O/c1-9(2,5-14)4-11-8-3-7(10)12-6-13-8/h3,6,14H,4-5H2,1-2H3,(H3,10,11,12,13). The van der Waals surface area contributed by atoms with Crippen molar-refractivity contribution in [2.24, 2.45) is 5.41 Å². The number of aliphatic hydroxyl groups is 1. The first-order chi connectivity index (χ1) is 6.53. The van der Waals surface area contributed by atoms with E-state index in [4.69, 9.17) is 10.8 Å². The average Bonchev–Trinajstić information content (AvgIpc) is 2.15. The fourth-order valence-corrected chi connectivity index (χ4v) is 0.855. The number of hydrogen-bond acceptors (Lipinski definition) is 5. The van der Waals surface area contributed by atoms with Crippen LogP contribution in [0.3, 0.4) is 0 Å². The zero-order valence-electron chi connectivity index (χ0n) is 8.49. The fraction of sp³-hybridized carbons (Fsp3) is 0.556. The molecule has 0 aliphatic heterocycles. The average molecular weight is 196 g/mol. The predicted molar refractivity (Wildman–Crippen MR) is 55.8 cm³/mol. The minimum absolute atomic E-state index is 0.126. The highest BCUT2D eigenvalue weighted by Gasteiger charge is 2.15. The molecule has 5 nitrogen and oxygen atoms in total. The van der Waals surface area contributed by atoms with Gasteiger partial charge in [0.05, 0.1) is 0 Å². The number of anilines is 2. The van der Waals surface area contributed by atoms with Gasteiger partial charge in [-0.25, -0.2) is 9.97 Å². The van der Waals surface area contributed by atoms with Crippen molar-refractivity contribution >= 4 is 11.6 Å². The Bertz CT molecular complexity index is 301. The number of nitrogens with one attached hydrogen (secondary N) is 1. The number of nitrogens with zero attached hydrogens (tertiary/aromatic N) is 2. The molecule has 0 unspecified atom stereocenters. The zero-order valence-corrected chi connectivity index (χ0v) is 8.49. The van der Waals surface area contributed by atoms with Gasteiger partial charge in [0.15, 0.2) is 0 Å². The number of nitrogens with two attached hydrogens (primary N) is 1. The van der Waals surface area contributed by atoms with Crippen molar-refractivity contribution < 1.29 is 5.11 Å². The highest BCUT2D eigenvalue weighted by Crippen LogP contribution is 2.14. The first-order valence-corrected chi connectivity index (χ1v) is 4.46. The van der Waals surface area contributed by atoms with Gasteiger partial charge in [0, 0.05) is 24.6 Å². The molecule has 0 bridgehead atoms. The molecule has 1 aromatic rings. The van der Waals surface area contributed by atoms with Gasteiger partial charge >= 0.3 is 0 Å². The first kappa shape index (κ1) is 10.7. The first-order valence-electron chi connectivity index (χ1n) is 4.46. The molecule has 0 aliphatic carbocycles. The molecular weight excluding hydrogens is 180 g/mol. The molecule has 0 radical (unpaired) electrons. The van der Waals surface area contributed by atoms with E-state index in [9.17, 15) is 0 Å². The van der Waals surface area contributed by atoms with E-state index in [1.54, 1.807) is 6.07 Å². The van der Waals surface area contributed by atoms with E-state index in [0.29, 0.717) is 18.2 Å². The maximum Gasteiger partial charge on any atom is 0.131 e. The molecule has 78 valence electrons. The van der Waals surface area contributed by atoms with Gasteiger partial charge in [-0.15, -0.1) is 0 Å².